The zero-order valence-corrected chi connectivity index (χ0v) is 15.1. The minimum absolute atomic E-state index is 0.199. The van der Waals surface area contributed by atoms with Crippen molar-refractivity contribution in [2.45, 2.75) is 90.0 Å². The van der Waals surface area contributed by atoms with Gasteiger partial charge >= 0.3 is 5.97 Å². The standard InChI is InChI=1S/C18H36N2O3/c1-3-4-5-6-7-8-9-10-11-12-15-20-16(18(22)23-2)13-14-17(19)21/h16,20H,3-15H2,1-2H3,(H2,19,21)/t16-/m0/s1. The Morgan fingerprint density at radius 1 is 0.957 bits per heavy atom. The molecule has 5 nitrogen and oxygen atoms in total. The number of rotatable bonds is 16. The van der Waals surface area contributed by atoms with Gasteiger partial charge in [0, 0.05) is 6.42 Å². The fourth-order valence-corrected chi connectivity index (χ4v) is 2.62. The number of methoxy groups -OCH3 is 1. The van der Waals surface area contributed by atoms with Crippen LogP contribution in [-0.4, -0.2) is 31.6 Å². The Bertz CT molecular complexity index is 309. The van der Waals surface area contributed by atoms with Crippen LogP contribution < -0.4 is 11.1 Å². The van der Waals surface area contributed by atoms with Crippen LogP contribution in [0.3, 0.4) is 0 Å². The highest BCUT2D eigenvalue weighted by molar-refractivity contribution is 5.78. The van der Waals surface area contributed by atoms with Crippen molar-refractivity contribution < 1.29 is 14.3 Å². The summed E-state index contributed by atoms with van der Waals surface area (Å²) in [5.74, 6) is -0.710. The van der Waals surface area contributed by atoms with Gasteiger partial charge in [-0.2, -0.15) is 0 Å². The molecule has 0 spiro atoms. The predicted molar refractivity (Wildman–Crippen MR) is 94.1 cm³/mol. The Balaban J connectivity index is 3.54. The molecule has 3 N–H and O–H groups in total. The van der Waals surface area contributed by atoms with E-state index in [0.717, 1.165) is 13.0 Å². The summed E-state index contributed by atoms with van der Waals surface area (Å²) in [6.45, 7) is 3.02. The molecule has 1 amide bonds. The molecule has 0 saturated carbocycles. The smallest absolute Gasteiger partial charge is 0.322 e. The van der Waals surface area contributed by atoms with Crippen molar-refractivity contribution in [1.29, 1.82) is 0 Å². The summed E-state index contributed by atoms with van der Waals surface area (Å²) in [4.78, 5) is 22.4. The van der Waals surface area contributed by atoms with Gasteiger partial charge in [-0.1, -0.05) is 64.7 Å². The molecule has 0 heterocycles. The van der Waals surface area contributed by atoms with Gasteiger partial charge in [0.05, 0.1) is 7.11 Å². The Hall–Kier alpha value is -1.10. The topological polar surface area (TPSA) is 81.4 Å². The summed E-state index contributed by atoms with van der Waals surface area (Å²) >= 11 is 0. The fraction of sp³-hybridized carbons (Fsp3) is 0.889. The molecule has 0 aromatic rings. The molecule has 5 heteroatoms. The van der Waals surface area contributed by atoms with Crippen molar-refractivity contribution in [3.63, 3.8) is 0 Å². The minimum Gasteiger partial charge on any atom is -0.468 e. The first-order chi connectivity index (χ1) is 11.1. The van der Waals surface area contributed by atoms with Crippen molar-refractivity contribution in [2.24, 2.45) is 5.73 Å². The van der Waals surface area contributed by atoms with Crippen LogP contribution in [0.2, 0.25) is 0 Å². The van der Waals surface area contributed by atoms with Crippen LogP contribution in [0.1, 0.15) is 84.0 Å². The molecule has 0 rings (SSSR count). The lowest BCUT2D eigenvalue weighted by Gasteiger charge is -2.15. The van der Waals surface area contributed by atoms with Gasteiger partial charge < -0.3 is 15.8 Å². The third kappa shape index (κ3) is 14.2. The molecule has 0 radical (unpaired) electrons. The lowest BCUT2D eigenvalue weighted by atomic mass is 10.1. The monoisotopic (exact) mass is 328 g/mol. The summed E-state index contributed by atoms with van der Waals surface area (Å²) in [7, 11) is 1.36. The quantitative estimate of drug-likeness (QED) is 0.336. The third-order valence-electron chi connectivity index (χ3n) is 4.09. The molecule has 0 aliphatic rings. The van der Waals surface area contributed by atoms with E-state index >= 15 is 0 Å². The zero-order chi connectivity index (χ0) is 17.3. The van der Waals surface area contributed by atoms with Gasteiger partial charge in [-0.05, 0) is 19.4 Å². The molecule has 0 unspecified atom stereocenters. The van der Waals surface area contributed by atoms with E-state index in [1.807, 2.05) is 0 Å². The number of amides is 1. The van der Waals surface area contributed by atoms with Crippen LogP contribution in [-0.2, 0) is 14.3 Å². The summed E-state index contributed by atoms with van der Waals surface area (Å²) < 4.78 is 4.74. The van der Waals surface area contributed by atoms with Gasteiger partial charge in [0.15, 0.2) is 0 Å². The zero-order valence-electron chi connectivity index (χ0n) is 15.1. The molecular formula is C18H36N2O3. The van der Waals surface area contributed by atoms with Crippen LogP contribution in [0.5, 0.6) is 0 Å². The van der Waals surface area contributed by atoms with E-state index in [9.17, 15) is 9.59 Å². The summed E-state index contributed by atoms with van der Waals surface area (Å²) in [5, 5.41) is 3.17. The summed E-state index contributed by atoms with van der Waals surface area (Å²) in [5.41, 5.74) is 5.12. The summed E-state index contributed by atoms with van der Waals surface area (Å²) in [6.07, 6.45) is 13.5. The first kappa shape index (κ1) is 21.9. The number of nitrogens with two attached hydrogens (primary N) is 1. The number of unbranched alkanes of at least 4 members (excludes halogenated alkanes) is 9. The molecule has 0 saturated heterocycles. The van der Waals surface area contributed by atoms with Crippen LogP contribution in [0, 0.1) is 0 Å². The maximum Gasteiger partial charge on any atom is 0.322 e. The number of hydrogen-bond donors (Lipinski definition) is 2. The van der Waals surface area contributed by atoms with Crippen LogP contribution >= 0.6 is 0 Å². The van der Waals surface area contributed by atoms with Crippen molar-refractivity contribution >= 4 is 11.9 Å². The Labute approximate surface area is 141 Å². The molecule has 136 valence electrons. The van der Waals surface area contributed by atoms with Gasteiger partial charge in [-0.25, -0.2) is 0 Å². The fourth-order valence-electron chi connectivity index (χ4n) is 2.62. The highest BCUT2D eigenvalue weighted by Gasteiger charge is 2.18. The Kier molecular flexibility index (Phi) is 15.0. The summed E-state index contributed by atoms with van der Waals surface area (Å²) in [6, 6.07) is -0.425. The number of carbonyl (C=O) groups excluding carboxylic acids is 2. The molecule has 1 atom stereocenters. The van der Waals surface area contributed by atoms with Crippen molar-refractivity contribution in [2.75, 3.05) is 13.7 Å². The van der Waals surface area contributed by atoms with Crippen molar-refractivity contribution in [1.82, 2.24) is 5.32 Å². The van der Waals surface area contributed by atoms with Crippen LogP contribution in [0.4, 0.5) is 0 Å². The first-order valence-electron chi connectivity index (χ1n) is 9.21. The number of esters is 1. The van der Waals surface area contributed by atoms with Crippen LogP contribution in [0.25, 0.3) is 0 Å². The van der Waals surface area contributed by atoms with Gasteiger partial charge in [0.1, 0.15) is 6.04 Å². The van der Waals surface area contributed by atoms with E-state index in [2.05, 4.69) is 12.2 Å². The van der Waals surface area contributed by atoms with Gasteiger partial charge in [0.25, 0.3) is 0 Å². The predicted octanol–water partition coefficient (Wildman–Crippen LogP) is 3.30. The Morgan fingerprint density at radius 3 is 1.96 bits per heavy atom. The molecule has 0 fully saturated rings. The van der Waals surface area contributed by atoms with Crippen LogP contribution in [0.15, 0.2) is 0 Å². The van der Waals surface area contributed by atoms with E-state index in [1.165, 1.54) is 64.9 Å². The highest BCUT2D eigenvalue weighted by atomic mass is 16.5. The SMILES string of the molecule is CCCCCCCCCCCCN[C@@H](CCC(N)=O)C(=O)OC. The molecule has 0 aromatic carbocycles. The van der Waals surface area contributed by atoms with Crippen molar-refractivity contribution in [3.05, 3.63) is 0 Å². The Morgan fingerprint density at radius 2 is 1.48 bits per heavy atom. The molecule has 0 aliphatic carbocycles. The van der Waals surface area contributed by atoms with Crippen molar-refractivity contribution in [3.8, 4) is 0 Å². The maximum absolute atomic E-state index is 11.6. The molecule has 0 aliphatic heterocycles. The largest absolute Gasteiger partial charge is 0.468 e. The normalized spacial score (nSPS) is 12.1. The van der Waals surface area contributed by atoms with E-state index in [0.29, 0.717) is 6.42 Å². The second kappa shape index (κ2) is 15.8. The number of primary amides is 1. The second-order valence-corrected chi connectivity index (χ2v) is 6.22. The number of nitrogens with one attached hydrogen (secondary N) is 1. The maximum atomic E-state index is 11.6. The third-order valence-corrected chi connectivity index (χ3v) is 4.09. The van der Waals surface area contributed by atoms with E-state index < -0.39 is 6.04 Å². The number of hydrogen-bond acceptors (Lipinski definition) is 4. The molecule has 0 aromatic heterocycles. The van der Waals surface area contributed by atoms with E-state index in [4.69, 9.17) is 10.5 Å². The molecule has 23 heavy (non-hydrogen) atoms. The van der Waals surface area contributed by atoms with Gasteiger partial charge in [-0.3, -0.25) is 9.59 Å². The average Bonchev–Trinajstić information content (AvgIpc) is 2.54. The van der Waals surface area contributed by atoms with E-state index in [-0.39, 0.29) is 18.3 Å². The highest BCUT2D eigenvalue weighted by Crippen LogP contribution is 2.10. The lowest BCUT2D eigenvalue weighted by Crippen LogP contribution is -2.39. The number of carbonyl (C=O) groups is 2. The average molecular weight is 328 g/mol. The number of ether oxygens (including phenoxy) is 1. The first-order valence-corrected chi connectivity index (χ1v) is 9.21. The lowest BCUT2D eigenvalue weighted by molar-refractivity contribution is -0.143. The minimum atomic E-state index is -0.425. The van der Waals surface area contributed by atoms with Gasteiger partial charge in [-0.15, -0.1) is 0 Å². The molecular weight excluding hydrogens is 292 g/mol. The van der Waals surface area contributed by atoms with Gasteiger partial charge in [0.2, 0.25) is 5.91 Å². The second-order valence-electron chi connectivity index (χ2n) is 6.22. The van der Waals surface area contributed by atoms with E-state index in [1.54, 1.807) is 0 Å². The molecule has 0 bridgehead atoms.